The minimum absolute atomic E-state index is 0.0682. The first kappa shape index (κ1) is 22.5. The van der Waals surface area contributed by atoms with Crippen LogP contribution in [0.3, 0.4) is 0 Å². The van der Waals surface area contributed by atoms with Crippen LogP contribution in [0.2, 0.25) is 0 Å². The SMILES string of the molecule is CC(=O)Nc1cc(C(=O)NC(=NC[C@H]2CCCO2)Nc2cc(C)cc(C)c2)ccc1C. The summed E-state index contributed by atoms with van der Waals surface area (Å²) < 4.78 is 5.66. The molecule has 7 nitrogen and oxygen atoms in total. The Morgan fingerprint density at radius 2 is 1.81 bits per heavy atom. The fourth-order valence-corrected chi connectivity index (χ4v) is 3.54. The van der Waals surface area contributed by atoms with Gasteiger partial charge in [-0.25, -0.2) is 4.99 Å². The lowest BCUT2D eigenvalue weighted by Crippen LogP contribution is -2.37. The summed E-state index contributed by atoms with van der Waals surface area (Å²) in [4.78, 5) is 29.0. The second-order valence-electron chi connectivity index (χ2n) is 7.99. The van der Waals surface area contributed by atoms with Crippen molar-refractivity contribution in [3.05, 3.63) is 58.7 Å². The predicted octanol–water partition coefficient (Wildman–Crippen LogP) is 3.95. The van der Waals surface area contributed by atoms with E-state index in [4.69, 9.17) is 4.74 Å². The standard InChI is InChI=1S/C24H30N4O3/c1-15-10-16(2)12-20(11-15)27-24(25-14-21-6-5-9-31-21)28-23(30)19-8-7-17(3)22(13-19)26-18(4)29/h7-8,10-13,21H,5-6,9,14H2,1-4H3,(H,26,29)(H2,25,27,28,30)/t21-/m1/s1. The molecule has 0 aliphatic carbocycles. The average molecular weight is 423 g/mol. The van der Waals surface area contributed by atoms with Crippen molar-refractivity contribution in [1.29, 1.82) is 0 Å². The Kier molecular flexibility index (Phi) is 7.41. The number of amides is 2. The highest BCUT2D eigenvalue weighted by Gasteiger charge is 2.17. The molecule has 164 valence electrons. The molecule has 2 amide bonds. The molecule has 1 atom stereocenters. The van der Waals surface area contributed by atoms with Crippen molar-refractivity contribution < 1.29 is 14.3 Å². The second kappa shape index (κ2) is 10.2. The van der Waals surface area contributed by atoms with Gasteiger partial charge in [-0.3, -0.25) is 14.9 Å². The van der Waals surface area contributed by atoms with Crippen LogP contribution in [0.25, 0.3) is 0 Å². The maximum Gasteiger partial charge on any atom is 0.258 e. The van der Waals surface area contributed by atoms with Gasteiger partial charge in [0.15, 0.2) is 0 Å². The predicted molar refractivity (Wildman–Crippen MR) is 124 cm³/mol. The van der Waals surface area contributed by atoms with Crippen LogP contribution < -0.4 is 16.0 Å². The van der Waals surface area contributed by atoms with Crippen molar-refractivity contribution in [3.8, 4) is 0 Å². The number of nitrogens with one attached hydrogen (secondary N) is 3. The fraction of sp³-hybridized carbons (Fsp3) is 0.375. The van der Waals surface area contributed by atoms with Gasteiger partial charge in [-0.05, 0) is 74.6 Å². The van der Waals surface area contributed by atoms with Crippen LogP contribution in [-0.2, 0) is 9.53 Å². The molecule has 0 spiro atoms. The maximum absolute atomic E-state index is 12.9. The van der Waals surface area contributed by atoms with E-state index in [9.17, 15) is 9.59 Å². The van der Waals surface area contributed by atoms with Crippen molar-refractivity contribution in [3.63, 3.8) is 0 Å². The number of carbonyl (C=O) groups excluding carboxylic acids is 2. The molecular formula is C24H30N4O3. The number of guanidine groups is 1. The summed E-state index contributed by atoms with van der Waals surface area (Å²) in [6.07, 6.45) is 2.06. The van der Waals surface area contributed by atoms with Crippen molar-refractivity contribution in [2.45, 2.75) is 46.6 Å². The molecule has 1 heterocycles. The Morgan fingerprint density at radius 1 is 1.06 bits per heavy atom. The summed E-state index contributed by atoms with van der Waals surface area (Å²) in [7, 11) is 0. The molecule has 7 heteroatoms. The third-order valence-corrected chi connectivity index (χ3v) is 5.00. The first-order valence-electron chi connectivity index (χ1n) is 10.5. The van der Waals surface area contributed by atoms with Crippen LogP contribution in [0, 0.1) is 20.8 Å². The van der Waals surface area contributed by atoms with Gasteiger partial charge in [0.05, 0.1) is 12.6 Å². The Balaban J connectivity index is 1.80. The largest absolute Gasteiger partial charge is 0.376 e. The Hall–Kier alpha value is -3.19. The summed E-state index contributed by atoms with van der Waals surface area (Å²) in [5.41, 5.74) is 5.01. The monoisotopic (exact) mass is 422 g/mol. The molecule has 0 unspecified atom stereocenters. The third kappa shape index (κ3) is 6.65. The molecule has 0 bridgehead atoms. The zero-order chi connectivity index (χ0) is 22.4. The first-order valence-corrected chi connectivity index (χ1v) is 10.5. The molecule has 31 heavy (non-hydrogen) atoms. The molecular weight excluding hydrogens is 392 g/mol. The number of carbonyl (C=O) groups is 2. The average Bonchev–Trinajstić information content (AvgIpc) is 3.20. The number of hydrogen-bond acceptors (Lipinski definition) is 4. The van der Waals surface area contributed by atoms with Gasteiger partial charge in [-0.15, -0.1) is 0 Å². The molecule has 0 radical (unpaired) electrons. The lowest BCUT2D eigenvalue weighted by Gasteiger charge is -2.15. The van der Waals surface area contributed by atoms with Crippen molar-refractivity contribution >= 4 is 29.1 Å². The van der Waals surface area contributed by atoms with Crippen LogP contribution in [0.4, 0.5) is 11.4 Å². The van der Waals surface area contributed by atoms with Crippen molar-refractivity contribution in [1.82, 2.24) is 5.32 Å². The number of nitrogens with zero attached hydrogens (tertiary/aromatic N) is 1. The molecule has 1 aliphatic rings. The molecule has 2 aromatic carbocycles. The van der Waals surface area contributed by atoms with E-state index in [0.717, 1.165) is 41.8 Å². The highest BCUT2D eigenvalue weighted by Crippen LogP contribution is 2.18. The van der Waals surface area contributed by atoms with Crippen LogP contribution >= 0.6 is 0 Å². The molecule has 2 aromatic rings. The molecule has 1 fully saturated rings. The quantitative estimate of drug-likeness (QED) is 0.503. The number of ether oxygens (including phenoxy) is 1. The minimum atomic E-state index is -0.311. The summed E-state index contributed by atoms with van der Waals surface area (Å²) in [5.74, 6) is -0.127. The second-order valence-corrected chi connectivity index (χ2v) is 7.99. The molecule has 1 saturated heterocycles. The highest BCUT2D eigenvalue weighted by atomic mass is 16.5. The van der Waals surface area contributed by atoms with Gasteiger partial charge in [0, 0.05) is 30.5 Å². The van der Waals surface area contributed by atoms with Gasteiger partial charge >= 0.3 is 0 Å². The number of benzene rings is 2. The summed E-state index contributed by atoms with van der Waals surface area (Å²) >= 11 is 0. The number of aryl methyl sites for hydroxylation is 3. The number of aliphatic imine (C=N–C) groups is 1. The molecule has 1 aliphatic heterocycles. The van der Waals surface area contributed by atoms with Gasteiger partial charge in [0.1, 0.15) is 0 Å². The van der Waals surface area contributed by atoms with Gasteiger partial charge in [0.25, 0.3) is 5.91 Å². The van der Waals surface area contributed by atoms with E-state index in [2.05, 4.69) is 27.0 Å². The smallest absolute Gasteiger partial charge is 0.258 e. The van der Waals surface area contributed by atoms with E-state index in [1.54, 1.807) is 18.2 Å². The summed E-state index contributed by atoms with van der Waals surface area (Å²) in [6.45, 7) is 8.59. The van der Waals surface area contributed by atoms with Gasteiger partial charge < -0.3 is 15.4 Å². The van der Waals surface area contributed by atoms with Crippen LogP contribution in [0.5, 0.6) is 0 Å². The van der Waals surface area contributed by atoms with Crippen LogP contribution in [0.1, 0.15) is 46.8 Å². The number of anilines is 2. The van der Waals surface area contributed by atoms with E-state index in [1.807, 2.05) is 32.9 Å². The van der Waals surface area contributed by atoms with E-state index in [1.165, 1.54) is 6.92 Å². The van der Waals surface area contributed by atoms with E-state index >= 15 is 0 Å². The van der Waals surface area contributed by atoms with Gasteiger partial charge in [0.2, 0.25) is 11.9 Å². The highest BCUT2D eigenvalue weighted by molar-refractivity contribution is 6.10. The third-order valence-electron chi connectivity index (χ3n) is 5.00. The van der Waals surface area contributed by atoms with E-state index in [-0.39, 0.29) is 17.9 Å². The zero-order valence-electron chi connectivity index (χ0n) is 18.5. The normalized spacial score (nSPS) is 16.1. The lowest BCUT2D eigenvalue weighted by atomic mass is 10.1. The van der Waals surface area contributed by atoms with Crippen molar-refractivity contribution in [2.24, 2.45) is 4.99 Å². The van der Waals surface area contributed by atoms with Crippen LogP contribution in [-0.4, -0.2) is 37.0 Å². The zero-order valence-corrected chi connectivity index (χ0v) is 18.5. The summed E-state index contributed by atoms with van der Waals surface area (Å²) in [5, 5.41) is 8.87. The Bertz CT molecular complexity index is 974. The van der Waals surface area contributed by atoms with E-state index < -0.39 is 0 Å². The van der Waals surface area contributed by atoms with Crippen molar-refractivity contribution in [2.75, 3.05) is 23.8 Å². The molecule has 0 saturated carbocycles. The minimum Gasteiger partial charge on any atom is -0.376 e. The van der Waals surface area contributed by atoms with Gasteiger partial charge in [-0.1, -0.05) is 12.1 Å². The van der Waals surface area contributed by atoms with Gasteiger partial charge in [-0.2, -0.15) is 0 Å². The summed E-state index contributed by atoms with van der Waals surface area (Å²) in [6, 6.07) is 11.3. The Morgan fingerprint density at radius 3 is 2.45 bits per heavy atom. The van der Waals surface area contributed by atoms with Crippen LogP contribution in [0.15, 0.2) is 41.4 Å². The number of hydrogen-bond donors (Lipinski definition) is 3. The Labute approximate surface area is 183 Å². The maximum atomic E-state index is 12.9. The fourth-order valence-electron chi connectivity index (χ4n) is 3.54. The molecule has 0 aromatic heterocycles. The molecule has 3 rings (SSSR count). The molecule has 3 N–H and O–H groups in total. The number of rotatable bonds is 5. The topological polar surface area (TPSA) is 91.8 Å². The lowest BCUT2D eigenvalue weighted by molar-refractivity contribution is -0.114. The van der Waals surface area contributed by atoms with E-state index in [0.29, 0.717) is 23.8 Å². The first-order chi connectivity index (χ1) is 14.8.